The molecule has 0 aliphatic rings. The molecule has 0 atom stereocenters. The average molecular weight is 321 g/mol. The van der Waals surface area contributed by atoms with Crippen LogP contribution in [-0.2, 0) is 4.79 Å². The number of hydrogen-bond donors (Lipinski definition) is 1. The zero-order valence-corrected chi connectivity index (χ0v) is 13.4. The molecule has 0 aliphatic carbocycles. The Kier molecular flexibility index (Phi) is 4.68. The molecule has 1 aromatic carbocycles. The van der Waals surface area contributed by atoms with E-state index in [-0.39, 0.29) is 5.91 Å². The van der Waals surface area contributed by atoms with E-state index in [4.69, 9.17) is 0 Å². The van der Waals surface area contributed by atoms with Gasteiger partial charge in [-0.25, -0.2) is 4.98 Å². The number of nitrogens with one attached hydrogen (secondary N) is 1. The van der Waals surface area contributed by atoms with E-state index in [1.165, 1.54) is 6.08 Å². The Morgan fingerprint density at radius 2 is 2.00 bits per heavy atom. The van der Waals surface area contributed by atoms with Crippen LogP contribution in [0.15, 0.2) is 66.0 Å². The van der Waals surface area contributed by atoms with Crippen molar-refractivity contribution in [2.75, 3.05) is 11.6 Å². The van der Waals surface area contributed by atoms with Crippen LogP contribution in [0.3, 0.4) is 0 Å². The first-order valence-electron chi connectivity index (χ1n) is 7.09. The van der Waals surface area contributed by atoms with Gasteiger partial charge in [-0.1, -0.05) is 18.2 Å². The lowest BCUT2D eigenvalue weighted by molar-refractivity contribution is -0.111. The third-order valence-corrected chi connectivity index (χ3v) is 3.97. The van der Waals surface area contributed by atoms with Gasteiger partial charge in [-0.05, 0) is 42.2 Å². The van der Waals surface area contributed by atoms with Crippen molar-refractivity contribution < 1.29 is 4.79 Å². The quantitative estimate of drug-likeness (QED) is 0.583. The molecule has 2 aromatic heterocycles. The maximum absolute atomic E-state index is 12.0. The van der Waals surface area contributed by atoms with Crippen LogP contribution in [0, 0.1) is 0 Å². The molecule has 0 fully saturated rings. The molecule has 1 amide bonds. The first kappa shape index (κ1) is 15.2. The average Bonchev–Trinajstić information content (AvgIpc) is 2.60. The van der Waals surface area contributed by atoms with Gasteiger partial charge in [0.05, 0.1) is 22.4 Å². The van der Waals surface area contributed by atoms with Crippen molar-refractivity contribution in [2.24, 2.45) is 0 Å². The van der Waals surface area contributed by atoms with E-state index in [1.807, 2.05) is 48.7 Å². The van der Waals surface area contributed by atoms with Gasteiger partial charge in [-0.15, -0.1) is 11.8 Å². The lowest BCUT2D eigenvalue weighted by Gasteiger charge is -2.03. The number of carbonyl (C=O) groups excluding carboxylic acids is 1. The van der Waals surface area contributed by atoms with E-state index in [9.17, 15) is 4.79 Å². The highest BCUT2D eigenvalue weighted by molar-refractivity contribution is 7.98. The molecule has 5 heteroatoms. The molecule has 3 aromatic rings. The number of benzene rings is 1. The molecule has 0 unspecified atom stereocenters. The normalized spacial score (nSPS) is 11.0. The molecule has 2 heterocycles. The third-order valence-electron chi connectivity index (χ3n) is 3.31. The molecule has 4 nitrogen and oxygen atoms in total. The Labute approximate surface area is 138 Å². The fraction of sp³-hybridized carbons (Fsp3) is 0.0556. The van der Waals surface area contributed by atoms with Crippen LogP contribution < -0.4 is 5.32 Å². The van der Waals surface area contributed by atoms with Crippen molar-refractivity contribution in [2.45, 2.75) is 5.03 Å². The van der Waals surface area contributed by atoms with Crippen LogP contribution in [0.25, 0.3) is 17.0 Å². The molecular weight excluding hydrogens is 306 g/mol. The lowest BCUT2D eigenvalue weighted by atomic mass is 10.1. The molecule has 0 radical (unpaired) electrons. The number of carbonyl (C=O) groups is 1. The third kappa shape index (κ3) is 3.76. The molecule has 0 aliphatic heterocycles. The molecule has 3 rings (SSSR count). The van der Waals surface area contributed by atoms with Crippen LogP contribution >= 0.6 is 11.8 Å². The number of thioether (sulfide) groups is 1. The molecule has 114 valence electrons. The van der Waals surface area contributed by atoms with E-state index < -0.39 is 0 Å². The number of amides is 1. The molecule has 0 bridgehead atoms. The van der Waals surface area contributed by atoms with Gasteiger partial charge in [-0.3, -0.25) is 9.78 Å². The summed E-state index contributed by atoms with van der Waals surface area (Å²) in [6.45, 7) is 0. The summed E-state index contributed by atoms with van der Waals surface area (Å²) in [5.74, 6) is -0.190. The van der Waals surface area contributed by atoms with E-state index in [1.54, 1.807) is 30.2 Å². The van der Waals surface area contributed by atoms with Crippen LogP contribution in [0.4, 0.5) is 5.69 Å². The molecule has 0 saturated heterocycles. The van der Waals surface area contributed by atoms with E-state index in [0.29, 0.717) is 5.69 Å². The van der Waals surface area contributed by atoms with E-state index >= 15 is 0 Å². The summed E-state index contributed by atoms with van der Waals surface area (Å²) in [5.41, 5.74) is 2.55. The summed E-state index contributed by atoms with van der Waals surface area (Å²) in [4.78, 5) is 20.6. The van der Waals surface area contributed by atoms with Crippen molar-refractivity contribution in [3.63, 3.8) is 0 Å². The molecule has 0 spiro atoms. The highest BCUT2D eigenvalue weighted by atomic mass is 32.2. The number of hydrogen-bond acceptors (Lipinski definition) is 4. The Morgan fingerprint density at radius 1 is 1.13 bits per heavy atom. The minimum absolute atomic E-state index is 0.190. The zero-order chi connectivity index (χ0) is 16.1. The topological polar surface area (TPSA) is 54.9 Å². The van der Waals surface area contributed by atoms with E-state index in [0.717, 1.165) is 21.5 Å². The maximum Gasteiger partial charge on any atom is 0.248 e. The standard InChI is InChI=1S/C18H15N3OS/c1-23-18-9-7-14(12-20-18)21-17(22)8-6-13-10-11-19-16-5-3-2-4-15(13)16/h2-12H,1H3,(H,21,22)/b8-6+. The van der Waals surface area contributed by atoms with Gasteiger partial charge in [0.25, 0.3) is 0 Å². The maximum atomic E-state index is 12.0. The van der Waals surface area contributed by atoms with Crippen LogP contribution in [-0.4, -0.2) is 22.1 Å². The Bertz CT molecular complexity index is 854. The fourth-order valence-corrected chi connectivity index (χ4v) is 2.55. The summed E-state index contributed by atoms with van der Waals surface area (Å²) in [6.07, 6.45) is 8.67. The van der Waals surface area contributed by atoms with Gasteiger partial charge in [0.15, 0.2) is 0 Å². The van der Waals surface area contributed by atoms with Gasteiger partial charge in [0, 0.05) is 17.7 Å². The predicted molar refractivity (Wildman–Crippen MR) is 95.4 cm³/mol. The van der Waals surface area contributed by atoms with Crippen molar-refractivity contribution in [3.05, 3.63) is 66.5 Å². The lowest BCUT2D eigenvalue weighted by Crippen LogP contribution is -2.07. The zero-order valence-electron chi connectivity index (χ0n) is 12.6. The SMILES string of the molecule is CSc1ccc(NC(=O)/C=C/c2ccnc3ccccc23)cn1. The summed E-state index contributed by atoms with van der Waals surface area (Å²) >= 11 is 1.56. The summed E-state index contributed by atoms with van der Waals surface area (Å²) < 4.78 is 0. The van der Waals surface area contributed by atoms with Crippen molar-refractivity contribution in [1.82, 2.24) is 9.97 Å². The second kappa shape index (κ2) is 7.07. The first-order chi connectivity index (χ1) is 11.3. The fourth-order valence-electron chi connectivity index (χ4n) is 2.19. The van der Waals surface area contributed by atoms with Crippen molar-refractivity contribution >= 4 is 40.3 Å². The second-order valence-corrected chi connectivity index (χ2v) is 5.66. The van der Waals surface area contributed by atoms with Gasteiger partial charge < -0.3 is 5.32 Å². The van der Waals surface area contributed by atoms with Gasteiger partial charge >= 0.3 is 0 Å². The summed E-state index contributed by atoms with van der Waals surface area (Å²) in [6, 6.07) is 13.4. The number of rotatable bonds is 4. The van der Waals surface area contributed by atoms with Gasteiger partial charge in [-0.2, -0.15) is 0 Å². The van der Waals surface area contributed by atoms with Crippen LogP contribution in [0.1, 0.15) is 5.56 Å². The number of nitrogens with zero attached hydrogens (tertiary/aromatic N) is 2. The largest absolute Gasteiger partial charge is 0.321 e. The Balaban J connectivity index is 1.74. The number of para-hydroxylation sites is 1. The monoisotopic (exact) mass is 321 g/mol. The summed E-state index contributed by atoms with van der Waals surface area (Å²) in [5, 5.41) is 4.74. The number of fused-ring (bicyclic) bond motifs is 1. The van der Waals surface area contributed by atoms with Crippen LogP contribution in [0.2, 0.25) is 0 Å². The number of pyridine rings is 2. The Hall–Kier alpha value is -2.66. The minimum atomic E-state index is -0.190. The minimum Gasteiger partial charge on any atom is -0.321 e. The van der Waals surface area contributed by atoms with E-state index in [2.05, 4.69) is 15.3 Å². The predicted octanol–water partition coefficient (Wildman–Crippen LogP) is 4.00. The Morgan fingerprint density at radius 3 is 2.78 bits per heavy atom. The van der Waals surface area contributed by atoms with Crippen LogP contribution in [0.5, 0.6) is 0 Å². The highest BCUT2D eigenvalue weighted by Crippen LogP contribution is 2.18. The van der Waals surface area contributed by atoms with Crippen molar-refractivity contribution in [3.8, 4) is 0 Å². The molecule has 23 heavy (non-hydrogen) atoms. The van der Waals surface area contributed by atoms with Gasteiger partial charge in [0.2, 0.25) is 5.91 Å². The number of aromatic nitrogens is 2. The number of anilines is 1. The smallest absolute Gasteiger partial charge is 0.248 e. The van der Waals surface area contributed by atoms with Crippen molar-refractivity contribution in [1.29, 1.82) is 0 Å². The first-order valence-corrected chi connectivity index (χ1v) is 8.31. The molecule has 0 saturated carbocycles. The summed E-state index contributed by atoms with van der Waals surface area (Å²) in [7, 11) is 0. The molecule has 1 N–H and O–H groups in total. The second-order valence-electron chi connectivity index (χ2n) is 4.83. The molecular formula is C18H15N3OS. The highest BCUT2D eigenvalue weighted by Gasteiger charge is 2.01. The van der Waals surface area contributed by atoms with Gasteiger partial charge in [0.1, 0.15) is 0 Å².